The molecule has 0 radical (unpaired) electrons. The lowest BCUT2D eigenvalue weighted by Gasteiger charge is -2.35. The summed E-state index contributed by atoms with van der Waals surface area (Å²) in [6, 6.07) is 16.1. The van der Waals surface area contributed by atoms with Gasteiger partial charge in [0.15, 0.2) is 14.6 Å². The van der Waals surface area contributed by atoms with Crippen molar-refractivity contribution >= 4 is 33.0 Å². The second-order valence-electron chi connectivity index (χ2n) is 8.72. The van der Waals surface area contributed by atoms with Gasteiger partial charge in [-0.05, 0) is 75.2 Å². The fraction of sp³-hybridized carbons (Fsp3) is 0.417. The Hall–Kier alpha value is -2.91. The molecular formula is C24H30N4O4S. The van der Waals surface area contributed by atoms with E-state index >= 15 is 0 Å². The molecular weight excluding hydrogens is 440 g/mol. The number of carbonyl (C=O) groups excluding carboxylic acids is 2. The predicted molar refractivity (Wildman–Crippen MR) is 128 cm³/mol. The number of carbonyl (C=O) groups is 2. The van der Waals surface area contributed by atoms with Crippen LogP contribution < -0.4 is 21.3 Å². The minimum absolute atomic E-state index is 0.0287. The Morgan fingerprint density at radius 1 is 0.970 bits per heavy atom. The third-order valence-corrected chi connectivity index (χ3v) is 9.32. The Balaban J connectivity index is 1.41. The highest BCUT2D eigenvalue weighted by molar-refractivity contribution is 7.93. The van der Waals surface area contributed by atoms with Crippen LogP contribution in [0.1, 0.15) is 25.7 Å². The van der Waals surface area contributed by atoms with E-state index in [1.165, 1.54) is 0 Å². The van der Waals surface area contributed by atoms with Gasteiger partial charge < -0.3 is 21.3 Å². The molecule has 0 saturated carbocycles. The van der Waals surface area contributed by atoms with Crippen LogP contribution in [0.25, 0.3) is 0 Å². The van der Waals surface area contributed by atoms with E-state index in [4.69, 9.17) is 5.73 Å². The van der Waals surface area contributed by atoms with Crippen LogP contribution in [0.4, 0.5) is 11.4 Å². The molecule has 4 rings (SSSR count). The van der Waals surface area contributed by atoms with Crippen LogP contribution in [0.5, 0.6) is 0 Å². The molecule has 2 saturated heterocycles. The lowest BCUT2D eigenvalue weighted by Crippen LogP contribution is -2.56. The molecule has 2 aromatic rings. The number of nitrogens with two attached hydrogens (primary N) is 1. The summed E-state index contributed by atoms with van der Waals surface area (Å²) >= 11 is 0. The van der Waals surface area contributed by atoms with Crippen molar-refractivity contribution in [3.8, 4) is 0 Å². The first-order chi connectivity index (χ1) is 15.8. The minimum Gasteiger partial charge on any atom is -0.371 e. The molecule has 2 aliphatic heterocycles. The van der Waals surface area contributed by atoms with Gasteiger partial charge in [-0.1, -0.05) is 18.2 Å². The third kappa shape index (κ3) is 4.60. The first kappa shape index (κ1) is 23.3. The van der Waals surface area contributed by atoms with Crippen LogP contribution in [0, 0.1) is 5.92 Å². The number of anilines is 2. The lowest BCUT2D eigenvalue weighted by molar-refractivity contribution is -0.121. The Morgan fingerprint density at radius 2 is 1.58 bits per heavy atom. The van der Waals surface area contributed by atoms with Crippen molar-refractivity contribution in [2.75, 3.05) is 36.4 Å². The van der Waals surface area contributed by atoms with E-state index in [0.717, 1.165) is 24.2 Å². The summed E-state index contributed by atoms with van der Waals surface area (Å²) in [4.78, 5) is 27.0. The number of amides is 2. The fourth-order valence-electron chi connectivity index (χ4n) is 4.71. The summed E-state index contributed by atoms with van der Waals surface area (Å²) in [6.45, 7) is 2.28. The predicted octanol–water partition coefficient (Wildman–Crippen LogP) is 1.92. The zero-order valence-electron chi connectivity index (χ0n) is 18.5. The van der Waals surface area contributed by atoms with E-state index in [-0.39, 0.29) is 29.6 Å². The molecule has 4 N–H and O–H groups in total. The van der Waals surface area contributed by atoms with Crippen molar-refractivity contribution in [2.24, 2.45) is 11.7 Å². The van der Waals surface area contributed by atoms with Crippen LogP contribution >= 0.6 is 0 Å². The van der Waals surface area contributed by atoms with Gasteiger partial charge in [-0.25, -0.2) is 8.42 Å². The molecule has 9 heteroatoms. The summed E-state index contributed by atoms with van der Waals surface area (Å²) in [5, 5.41) is 6.06. The van der Waals surface area contributed by atoms with Crippen molar-refractivity contribution in [1.82, 2.24) is 5.32 Å². The Kier molecular flexibility index (Phi) is 6.71. The molecule has 2 aliphatic rings. The van der Waals surface area contributed by atoms with Crippen LogP contribution in [-0.2, 0) is 19.4 Å². The zero-order valence-corrected chi connectivity index (χ0v) is 19.3. The van der Waals surface area contributed by atoms with Gasteiger partial charge in [0.05, 0.1) is 4.90 Å². The van der Waals surface area contributed by atoms with Gasteiger partial charge in [0.2, 0.25) is 11.8 Å². The minimum atomic E-state index is -3.91. The number of para-hydroxylation sites is 1. The molecule has 0 unspecified atom stereocenters. The largest absolute Gasteiger partial charge is 0.371 e. The highest BCUT2D eigenvalue weighted by Crippen LogP contribution is 2.35. The van der Waals surface area contributed by atoms with Crippen LogP contribution in [-0.4, -0.2) is 51.2 Å². The molecule has 33 heavy (non-hydrogen) atoms. The summed E-state index contributed by atoms with van der Waals surface area (Å²) in [7, 11) is -3.91. The highest BCUT2D eigenvalue weighted by Gasteiger charge is 2.50. The Labute approximate surface area is 194 Å². The first-order valence-electron chi connectivity index (χ1n) is 11.3. The second kappa shape index (κ2) is 9.52. The topological polar surface area (TPSA) is 122 Å². The van der Waals surface area contributed by atoms with Crippen molar-refractivity contribution in [3.63, 3.8) is 0 Å². The van der Waals surface area contributed by atoms with Gasteiger partial charge in [0.1, 0.15) is 0 Å². The maximum atomic E-state index is 13.3. The van der Waals surface area contributed by atoms with Crippen LogP contribution in [0.2, 0.25) is 0 Å². The molecule has 176 valence electrons. The smallest absolute Gasteiger partial charge is 0.239 e. The van der Waals surface area contributed by atoms with Crippen LogP contribution in [0.15, 0.2) is 59.5 Å². The molecule has 2 aromatic carbocycles. The second-order valence-corrected chi connectivity index (χ2v) is 11.0. The van der Waals surface area contributed by atoms with E-state index in [1.807, 2.05) is 30.3 Å². The average molecular weight is 471 g/mol. The fourth-order valence-corrected chi connectivity index (χ4v) is 6.66. The number of hydrogen-bond acceptors (Lipinski definition) is 6. The molecule has 2 amide bonds. The van der Waals surface area contributed by atoms with Gasteiger partial charge in [-0.3, -0.25) is 9.59 Å². The van der Waals surface area contributed by atoms with E-state index in [0.29, 0.717) is 26.2 Å². The van der Waals surface area contributed by atoms with Crippen molar-refractivity contribution in [1.29, 1.82) is 0 Å². The molecule has 0 spiro atoms. The number of piperidine rings is 2. The zero-order chi connectivity index (χ0) is 23.5. The maximum absolute atomic E-state index is 13.3. The quantitative estimate of drug-likeness (QED) is 0.593. The molecule has 2 heterocycles. The van der Waals surface area contributed by atoms with Gasteiger partial charge in [-0.15, -0.1) is 0 Å². The van der Waals surface area contributed by atoms with Crippen molar-refractivity contribution in [3.05, 3.63) is 54.6 Å². The Bertz CT molecular complexity index is 1090. The van der Waals surface area contributed by atoms with Crippen molar-refractivity contribution in [2.45, 2.75) is 35.3 Å². The van der Waals surface area contributed by atoms with Gasteiger partial charge in [-0.2, -0.15) is 0 Å². The molecule has 8 nitrogen and oxygen atoms in total. The van der Waals surface area contributed by atoms with Gasteiger partial charge in [0, 0.05) is 30.4 Å². The summed E-state index contributed by atoms with van der Waals surface area (Å²) < 4.78 is 25.1. The third-order valence-electron chi connectivity index (χ3n) is 6.79. The number of nitrogens with zero attached hydrogens (tertiary/aromatic N) is 1. The number of primary amides is 1. The maximum Gasteiger partial charge on any atom is 0.239 e. The average Bonchev–Trinajstić information content (AvgIpc) is 2.85. The number of nitrogens with one attached hydrogen (secondary N) is 2. The number of benzene rings is 2. The summed E-state index contributed by atoms with van der Waals surface area (Å²) in [5.74, 6) is -0.818. The number of sulfone groups is 1. The van der Waals surface area contributed by atoms with Crippen LogP contribution in [0.3, 0.4) is 0 Å². The highest BCUT2D eigenvalue weighted by atomic mass is 32.2. The number of hydrogen-bond donors (Lipinski definition) is 3. The van der Waals surface area contributed by atoms with E-state index < -0.39 is 20.5 Å². The van der Waals surface area contributed by atoms with E-state index in [9.17, 15) is 18.0 Å². The standard InChI is InChI=1S/C24H30N4O4S/c25-23(30)24(12-14-26-15-13-24)33(31,32)21-8-6-20(7-9-21)28-16-10-18(11-17-28)22(29)27-19-4-2-1-3-5-19/h1-9,18,26H,10-17H2,(H2,25,30)(H,27,29). The number of rotatable bonds is 6. The molecule has 0 atom stereocenters. The normalized spacial score (nSPS) is 19.1. The first-order valence-corrected chi connectivity index (χ1v) is 12.8. The van der Waals surface area contributed by atoms with E-state index in [1.54, 1.807) is 24.3 Å². The van der Waals surface area contributed by atoms with Gasteiger partial charge in [0.25, 0.3) is 0 Å². The SMILES string of the molecule is NC(=O)C1(S(=O)(=O)c2ccc(N3CCC(C(=O)Nc4ccccc4)CC3)cc2)CCNCC1. The summed E-state index contributed by atoms with van der Waals surface area (Å²) in [5.41, 5.74) is 7.26. The van der Waals surface area contributed by atoms with Gasteiger partial charge >= 0.3 is 0 Å². The molecule has 0 aliphatic carbocycles. The Morgan fingerprint density at radius 3 is 2.15 bits per heavy atom. The molecule has 0 bridgehead atoms. The van der Waals surface area contributed by atoms with E-state index in [2.05, 4.69) is 15.5 Å². The molecule has 0 aromatic heterocycles. The van der Waals surface area contributed by atoms with Crippen molar-refractivity contribution < 1.29 is 18.0 Å². The lowest BCUT2D eigenvalue weighted by atomic mass is 9.95. The monoisotopic (exact) mass is 470 g/mol. The summed E-state index contributed by atoms with van der Waals surface area (Å²) in [6.07, 6.45) is 1.78. The molecule has 2 fully saturated rings.